The van der Waals surface area contributed by atoms with Crippen LogP contribution in [0.15, 0.2) is 29.2 Å². The van der Waals surface area contributed by atoms with E-state index in [9.17, 15) is 8.42 Å². The summed E-state index contributed by atoms with van der Waals surface area (Å²) in [7, 11) is -3.43. The molecule has 6 heteroatoms. The molecule has 1 heterocycles. The molecule has 0 spiro atoms. The van der Waals surface area contributed by atoms with Crippen LogP contribution in [0.1, 0.15) is 13.8 Å². The van der Waals surface area contributed by atoms with Gasteiger partial charge in [-0.3, -0.25) is 0 Å². The highest BCUT2D eigenvalue weighted by Crippen LogP contribution is 2.26. The fourth-order valence-electron chi connectivity index (χ4n) is 1.95. The molecule has 20 heavy (non-hydrogen) atoms. The van der Waals surface area contributed by atoms with Gasteiger partial charge in [-0.25, -0.2) is 8.42 Å². The quantitative estimate of drug-likeness (QED) is 0.860. The molecule has 0 radical (unpaired) electrons. The molecule has 5 nitrogen and oxygen atoms in total. The number of sulfonamides is 1. The molecule has 1 saturated heterocycles. The van der Waals surface area contributed by atoms with Gasteiger partial charge in [0.25, 0.3) is 0 Å². The van der Waals surface area contributed by atoms with Gasteiger partial charge in [0, 0.05) is 25.6 Å². The van der Waals surface area contributed by atoms with Crippen molar-refractivity contribution in [3.63, 3.8) is 0 Å². The first-order chi connectivity index (χ1) is 9.43. The second-order valence-electron chi connectivity index (χ2n) is 5.55. The summed E-state index contributed by atoms with van der Waals surface area (Å²) in [6.07, 6.45) is 0. The van der Waals surface area contributed by atoms with E-state index in [-0.39, 0.29) is 17.4 Å². The van der Waals surface area contributed by atoms with Gasteiger partial charge in [-0.1, -0.05) is 13.8 Å². The van der Waals surface area contributed by atoms with E-state index in [4.69, 9.17) is 9.84 Å². The fraction of sp³-hybridized carbons (Fsp3) is 0.571. The average Bonchev–Trinajstić information content (AvgIpc) is 2.35. The molecule has 1 fully saturated rings. The summed E-state index contributed by atoms with van der Waals surface area (Å²) in [5.41, 5.74) is 0. The van der Waals surface area contributed by atoms with Gasteiger partial charge in [0.15, 0.2) is 0 Å². The van der Waals surface area contributed by atoms with Crippen molar-refractivity contribution in [1.82, 2.24) is 4.31 Å². The molecule has 0 aliphatic carbocycles. The normalized spacial score (nSPS) is 17.2. The number of benzene rings is 1. The van der Waals surface area contributed by atoms with Gasteiger partial charge in [0.1, 0.15) is 5.75 Å². The first kappa shape index (κ1) is 15.3. The van der Waals surface area contributed by atoms with Gasteiger partial charge >= 0.3 is 0 Å². The van der Waals surface area contributed by atoms with E-state index in [1.54, 1.807) is 24.3 Å². The van der Waals surface area contributed by atoms with E-state index in [2.05, 4.69) is 13.8 Å². The Morgan fingerprint density at radius 3 is 2.40 bits per heavy atom. The molecule has 0 unspecified atom stereocenters. The molecule has 0 amide bonds. The van der Waals surface area contributed by atoms with Gasteiger partial charge < -0.3 is 9.84 Å². The van der Waals surface area contributed by atoms with Crippen molar-refractivity contribution in [3.8, 4) is 5.75 Å². The molecular formula is C14H21NO4S. The van der Waals surface area contributed by atoms with Crippen LogP contribution >= 0.6 is 0 Å². The van der Waals surface area contributed by atoms with Crippen molar-refractivity contribution in [3.05, 3.63) is 24.3 Å². The Kier molecular flexibility index (Phi) is 4.67. The Morgan fingerprint density at radius 2 is 1.90 bits per heavy atom. The Morgan fingerprint density at radius 1 is 1.30 bits per heavy atom. The molecule has 1 aliphatic heterocycles. The van der Waals surface area contributed by atoms with E-state index in [0.29, 0.717) is 31.4 Å². The zero-order valence-electron chi connectivity index (χ0n) is 11.8. The molecule has 0 bridgehead atoms. The Hall–Kier alpha value is -1.11. The minimum absolute atomic E-state index is 0.0357. The Balaban J connectivity index is 2.02. The molecule has 0 atom stereocenters. The van der Waals surface area contributed by atoms with Crippen LogP contribution in [0.5, 0.6) is 5.75 Å². The van der Waals surface area contributed by atoms with Crippen LogP contribution in [-0.2, 0) is 10.0 Å². The molecule has 2 rings (SSSR count). The summed E-state index contributed by atoms with van der Waals surface area (Å²) in [6, 6.07) is 6.49. The summed E-state index contributed by atoms with van der Waals surface area (Å²) in [5, 5.41) is 8.94. The second kappa shape index (κ2) is 6.11. The SMILES string of the molecule is CC(C)COc1ccc(S(=O)(=O)N2CC(CO)C2)cc1. The number of hydrogen-bond donors (Lipinski definition) is 1. The summed E-state index contributed by atoms with van der Waals surface area (Å²) in [5.74, 6) is 1.17. The lowest BCUT2D eigenvalue weighted by Crippen LogP contribution is -2.51. The Labute approximate surface area is 120 Å². The minimum atomic E-state index is -3.43. The lowest BCUT2D eigenvalue weighted by Gasteiger charge is -2.36. The van der Waals surface area contributed by atoms with Crippen molar-refractivity contribution in [2.45, 2.75) is 18.7 Å². The van der Waals surface area contributed by atoms with Crippen LogP contribution in [0.3, 0.4) is 0 Å². The van der Waals surface area contributed by atoms with E-state index in [1.807, 2.05) is 0 Å². The lowest BCUT2D eigenvalue weighted by molar-refractivity contribution is 0.117. The number of ether oxygens (including phenoxy) is 1. The average molecular weight is 299 g/mol. The second-order valence-corrected chi connectivity index (χ2v) is 7.48. The third kappa shape index (κ3) is 3.31. The molecular weight excluding hydrogens is 278 g/mol. The zero-order chi connectivity index (χ0) is 14.8. The molecule has 1 aliphatic rings. The lowest BCUT2D eigenvalue weighted by atomic mass is 10.1. The molecule has 1 N–H and O–H groups in total. The maximum atomic E-state index is 12.3. The van der Waals surface area contributed by atoms with Crippen molar-refractivity contribution < 1.29 is 18.3 Å². The van der Waals surface area contributed by atoms with Gasteiger partial charge in [-0.2, -0.15) is 4.31 Å². The number of aliphatic hydroxyl groups excluding tert-OH is 1. The first-order valence-electron chi connectivity index (χ1n) is 6.77. The summed E-state index contributed by atoms with van der Waals surface area (Å²) in [6.45, 7) is 5.54. The van der Waals surface area contributed by atoms with Gasteiger partial charge in [-0.05, 0) is 30.2 Å². The maximum Gasteiger partial charge on any atom is 0.243 e. The predicted molar refractivity (Wildman–Crippen MR) is 76.1 cm³/mol. The van der Waals surface area contributed by atoms with Crippen LogP contribution in [0.25, 0.3) is 0 Å². The van der Waals surface area contributed by atoms with Crippen molar-refractivity contribution in [2.24, 2.45) is 11.8 Å². The number of hydrogen-bond acceptors (Lipinski definition) is 4. The van der Waals surface area contributed by atoms with Crippen LogP contribution in [0.2, 0.25) is 0 Å². The highest BCUT2D eigenvalue weighted by molar-refractivity contribution is 7.89. The van der Waals surface area contributed by atoms with E-state index < -0.39 is 10.0 Å². The number of rotatable bonds is 6. The molecule has 0 aromatic heterocycles. The topological polar surface area (TPSA) is 66.8 Å². The highest BCUT2D eigenvalue weighted by Gasteiger charge is 2.36. The summed E-state index contributed by atoms with van der Waals surface area (Å²) in [4.78, 5) is 0.269. The maximum absolute atomic E-state index is 12.3. The summed E-state index contributed by atoms with van der Waals surface area (Å²) >= 11 is 0. The van der Waals surface area contributed by atoms with Crippen molar-refractivity contribution in [2.75, 3.05) is 26.3 Å². The summed E-state index contributed by atoms with van der Waals surface area (Å²) < 4.78 is 31.4. The number of aliphatic hydroxyl groups is 1. The van der Waals surface area contributed by atoms with E-state index in [0.717, 1.165) is 0 Å². The molecule has 0 saturated carbocycles. The zero-order valence-corrected chi connectivity index (χ0v) is 12.6. The van der Waals surface area contributed by atoms with Crippen LogP contribution < -0.4 is 4.74 Å². The smallest absolute Gasteiger partial charge is 0.243 e. The van der Waals surface area contributed by atoms with Crippen LogP contribution in [0.4, 0.5) is 0 Å². The highest BCUT2D eigenvalue weighted by atomic mass is 32.2. The van der Waals surface area contributed by atoms with E-state index >= 15 is 0 Å². The molecule has 1 aromatic carbocycles. The van der Waals surface area contributed by atoms with E-state index in [1.165, 1.54) is 4.31 Å². The third-order valence-electron chi connectivity index (χ3n) is 3.23. The minimum Gasteiger partial charge on any atom is -0.493 e. The monoisotopic (exact) mass is 299 g/mol. The molecule has 112 valence electrons. The Bertz CT molecular complexity index is 533. The molecule has 1 aromatic rings. The third-order valence-corrected chi connectivity index (χ3v) is 5.07. The van der Waals surface area contributed by atoms with Gasteiger partial charge in [-0.15, -0.1) is 0 Å². The predicted octanol–water partition coefficient (Wildman–Crippen LogP) is 1.33. The first-order valence-corrected chi connectivity index (χ1v) is 8.21. The van der Waals surface area contributed by atoms with Crippen LogP contribution in [-0.4, -0.2) is 44.1 Å². The van der Waals surface area contributed by atoms with Gasteiger partial charge in [0.2, 0.25) is 10.0 Å². The van der Waals surface area contributed by atoms with Crippen LogP contribution in [0, 0.1) is 11.8 Å². The largest absolute Gasteiger partial charge is 0.493 e. The van der Waals surface area contributed by atoms with Gasteiger partial charge in [0.05, 0.1) is 11.5 Å². The fourth-order valence-corrected chi connectivity index (χ4v) is 3.55. The van der Waals surface area contributed by atoms with Crippen molar-refractivity contribution in [1.29, 1.82) is 0 Å². The number of nitrogens with zero attached hydrogens (tertiary/aromatic N) is 1. The van der Waals surface area contributed by atoms with Crippen molar-refractivity contribution >= 4 is 10.0 Å². The standard InChI is InChI=1S/C14H21NO4S/c1-11(2)10-19-13-3-5-14(6-4-13)20(17,18)15-7-12(8-15)9-16/h3-6,11-12,16H,7-10H2,1-2H3.